The third-order valence-electron chi connectivity index (χ3n) is 5.35. The van der Waals surface area contributed by atoms with Gasteiger partial charge in [-0.2, -0.15) is 4.98 Å². The molecule has 0 radical (unpaired) electrons. The van der Waals surface area contributed by atoms with Crippen LogP contribution in [-0.4, -0.2) is 28.0 Å². The number of nitrogens with one attached hydrogen (secondary N) is 2. The Balaban J connectivity index is 1.40. The van der Waals surface area contributed by atoms with Crippen molar-refractivity contribution in [2.75, 3.05) is 28.6 Å². The van der Waals surface area contributed by atoms with Crippen LogP contribution in [0.4, 0.5) is 23.1 Å². The molecular weight excluding hydrogens is 360 g/mol. The van der Waals surface area contributed by atoms with Gasteiger partial charge in [0.2, 0.25) is 5.95 Å². The minimum absolute atomic E-state index is 0.599. The van der Waals surface area contributed by atoms with Crippen LogP contribution < -0.4 is 15.5 Å². The van der Waals surface area contributed by atoms with E-state index in [9.17, 15) is 0 Å². The first-order valence-corrected chi connectivity index (χ1v) is 10.3. The first-order valence-electron chi connectivity index (χ1n) is 10.3. The van der Waals surface area contributed by atoms with Crippen molar-refractivity contribution in [2.24, 2.45) is 5.92 Å². The zero-order valence-corrected chi connectivity index (χ0v) is 17.1. The largest absolute Gasteiger partial charge is 0.372 e. The van der Waals surface area contributed by atoms with Crippen LogP contribution in [0.3, 0.4) is 0 Å². The van der Waals surface area contributed by atoms with Crippen LogP contribution in [0.2, 0.25) is 0 Å². The smallest absolute Gasteiger partial charge is 0.229 e. The number of hydrogen-bond donors (Lipinski definition) is 2. The summed E-state index contributed by atoms with van der Waals surface area (Å²) in [6.07, 6.45) is 6.13. The van der Waals surface area contributed by atoms with Crippen molar-refractivity contribution in [3.05, 3.63) is 66.1 Å². The molecule has 0 bridgehead atoms. The Morgan fingerprint density at radius 1 is 1.00 bits per heavy atom. The lowest BCUT2D eigenvalue weighted by Crippen LogP contribution is -2.32. The lowest BCUT2D eigenvalue weighted by atomic mass is 9.99. The summed E-state index contributed by atoms with van der Waals surface area (Å²) in [4.78, 5) is 15.6. The van der Waals surface area contributed by atoms with Crippen molar-refractivity contribution in [1.82, 2.24) is 15.0 Å². The van der Waals surface area contributed by atoms with Crippen molar-refractivity contribution < 1.29 is 0 Å². The fourth-order valence-corrected chi connectivity index (χ4v) is 3.56. The predicted octanol–water partition coefficient (Wildman–Crippen LogP) is 4.77. The molecule has 4 rings (SSSR count). The van der Waals surface area contributed by atoms with E-state index in [4.69, 9.17) is 0 Å². The number of rotatable bonds is 6. The Kier molecular flexibility index (Phi) is 5.89. The zero-order valence-electron chi connectivity index (χ0n) is 17.1. The Labute approximate surface area is 172 Å². The summed E-state index contributed by atoms with van der Waals surface area (Å²) >= 11 is 0. The normalized spacial score (nSPS) is 14.6. The van der Waals surface area contributed by atoms with E-state index in [1.165, 1.54) is 18.5 Å². The van der Waals surface area contributed by atoms with Gasteiger partial charge < -0.3 is 15.5 Å². The van der Waals surface area contributed by atoms with E-state index in [1.54, 1.807) is 12.4 Å². The third-order valence-corrected chi connectivity index (χ3v) is 5.35. The molecule has 0 spiro atoms. The van der Waals surface area contributed by atoms with Crippen LogP contribution >= 0.6 is 0 Å². The third kappa shape index (κ3) is 5.22. The summed E-state index contributed by atoms with van der Waals surface area (Å²) in [6, 6.07) is 14.5. The van der Waals surface area contributed by atoms with E-state index in [0.717, 1.165) is 41.8 Å². The van der Waals surface area contributed by atoms with Gasteiger partial charge in [0.1, 0.15) is 5.82 Å². The lowest BCUT2D eigenvalue weighted by Gasteiger charge is -2.32. The summed E-state index contributed by atoms with van der Waals surface area (Å²) in [5.41, 5.74) is 4.35. The van der Waals surface area contributed by atoms with E-state index in [1.807, 2.05) is 25.1 Å². The summed E-state index contributed by atoms with van der Waals surface area (Å²) in [6.45, 7) is 7.29. The number of aryl methyl sites for hydroxylation is 1. The van der Waals surface area contributed by atoms with E-state index in [2.05, 4.69) is 61.7 Å². The fourth-order valence-electron chi connectivity index (χ4n) is 3.56. The molecule has 0 amide bonds. The topological polar surface area (TPSA) is 66.0 Å². The maximum Gasteiger partial charge on any atom is 0.229 e. The maximum absolute atomic E-state index is 4.61. The maximum atomic E-state index is 4.61. The van der Waals surface area contributed by atoms with Gasteiger partial charge in [-0.05, 0) is 67.6 Å². The number of pyridine rings is 1. The second-order valence-corrected chi connectivity index (χ2v) is 7.77. The van der Waals surface area contributed by atoms with Crippen molar-refractivity contribution in [1.29, 1.82) is 0 Å². The summed E-state index contributed by atoms with van der Waals surface area (Å²) in [7, 11) is 0. The predicted molar refractivity (Wildman–Crippen MR) is 119 cm³/mol. The molecule has 1 saturated heterocycles. The highest BCUT2D eigenvalue weighted by molar-refractivity contribution is 5.60. The standard InChI is InChI=1S/C23H28N6/c1-17-9-13-29(14-10-17)21-5-3-20(4-6-21)27-23-26-18(2)15-22(28-23)25-16-19-7-11-24-12-8-19/h3-8,11-12,15,17H,9-10,13-14,16H2,1-2H3,(H2,25,26,27,28). The molecule has 1 fully saturated rings. The van der Waals surface area contributed by atoms with Crippen molar-refractivity contribution in [3.8, 4) is 0 Å². The molecule has 2 N–H and O–H groups in total. The van der Waals surface area contributed by atoms with Crippen LogP contribution in [0, 0.1) is 12.8 Å². The number of hydrogen-bond acceptors (Lipinski definition) is 6. The Bertz CT molecular complexity index is 918. The highest BCUT2D eigenvalue weighted by atomic mass is 15.2. The molecule has 150 valence electrons. The van der Waals surface area contributed by atoms with Gasteiger partial charge in [-0.1, -0.05) is 6.92 Å². The highest BCUT2D eigenvalue weighted by Gasteiger charge is 2.15. The van der Waals surface area contributed by atoms with Crippen LogP contribution in [0.15, 0.2) is 54.9 Å². The first kappa shape index (κ1) is 19.2. The Morgan fingerprint density at radius 3 is 2.45 bits per heavy atom. The minimum atomic E-state index is 0.599. The summed E-state index contributed by atoms with van der Waals surface area (Å²) in [5, 5.41) is 6.69. The second kappa shape index (κ2) is 8.90. The highest BCUT2D eigenvalue weighted by Crippen LogP contribution is 2.25. The van der Waals surface area contributed by atoms with Gasteiger partial charge in [0, 0.05) is 55.2 Å². The molecule has 6 nitrogen and oxygen atoms in total. The van der Waals surface area contributed by atoms with Crippen molar-refractivity contribution >= 4 is 23.1 Å². The molecule has 0 unspecified atom stereocenters. The molecule has 0 saturated carbocycles. The number of nitrogens with zero attached hydrogens (tertiary/aromatic N) is 4. The first-order chi connectivity index (χ1) is 14.2. The molecule has 1 aromatic carbocycles. The van der Waals surface area contributed by atoms with E-state index in [-0.39, 0.29) is 0 Å². The molecule has 2 aromatic heterocycles. The average Bonchev–Trinajstić information content (AvgIpc) is 2.74. The van der Waals surface area contributed by atoms with Crippen LogP contribution in [0.5, 0.6) is 0 Å². The van der Waals surface area contributed by atoms with Gasteiger partial charge in [0.15, 0.2) is 0 Å². The molecule has 29 heavy (non-hydrogen) atoms. The quantitative estimate of drug-likeness (QED) is 0.634. The van der Waals surface area contributed by atoms with Gasteiger partial charge in [-0.3, -0.25) is 4.98 Å². The molecule has 3 heterocycles. The van der Waals surface area contributed by atoms with Gasteiger partial charge in [0.05, 0.1) is 0 Å². The molecule has 0 atom stereocenters. The van der Waals surface area contributed by atoms with E-state index in [0.29, 0.717) is 12.5 Å². The molecule has 3 aromatic rings. The van der Waals surface area contributed by atoms with Crippen LogP contribution in [0.1, 0.15) is 31.0 Å². The SMILES string of the molecule is Cc1cc(NCc2ccncc2)nc(Nc2ccc(N3CCC(C)CC3)cc2)n1. The Hall–Kier alpha value is -3.15. The number of piperidine rings is 1. The van der Waals surface area contributed by atoms with Gasteiger partial charge in [0.25, 0.3) is 0 Å². The van der Waals surface area contributed by atoms with Gasteiger partial charge >= 0.3 is 0 Å². The zero-order chi connectivity index (χ0) is 20.1. The van der Waals surface area contributed by atoms with Crippen molar-refractivity contribution in [2.45, 2.75) is 33.2 Å². The molecule has 1 aliphatic heterocycles. The van der Waals surface area contributed by atoms with Crippen LogP contribution in [-0.2, 0) is 6.54 Å². The number of aromatic nitrogens is 3. The van der Waals surface area contributed by atoms with Crippen molar-refractivity contribution in [3.63, 3.8) is 0 Å². The molecular formula is C23H28N6. The Morgan fingerprint density at radius 2 is 1.72 bits per heavy atom. The van der Waals surface area contributed by atoms with Gasteiger partial charge in [-0.15, -0.1) is 0 Å². The fraction of sp³-hybridized carbons (Fsp3) is 0.348. The number of anilines is 4. The summed E-state index contributed by atoms with van der Waals surface area (Å²) < 4.78 is 0. The number of benzene rings is 1. The monoisotopic (exact) mass is 388 g/mol. The molecule has 0 aliphatic carbocycles. The molecule has 6 heteroatoms. The van der Waals surface area contributed by atoms with Crippen LogP contribution in [0.25, 0.3) is 0 Å². The van der Waals surface area contributed by atoms with E-state index < -0.39 is 0 Å². The molecule has 1 aliphatic rings. The second-order valence-electron chi connectivity index (χ2n) is 7.77. The lowest BCUT2D eigenvalue weighted by molar-refractivity contribution is 0.438. The average molecular weight is 389 g/mol. The minimum Gasteiger partial charge on any atom is -0.372 e. The summed E-state index contributed by atoms with van der Waals surface area (Å²) in [5.74, 6) is 2.24. The van der Waals surface area contributed by atoms with E-state index >= 15 is 0 Å². The van der Waals surface area contributed by atoms with Gasteiger partial charge in [-0.25, -0.2) is 4.98 Å².